The lowest BCUT2D eigenvalue weighted by Crippen LogP contribution is -2.42. The summed E-state index contributed by atoms with van der Waals surface area (Å²) in [5.41, 5.74) is 1.18. The number of benzene rings is 1. The molecule has 2 saturated heterocycles. The van der Waals surface area contributed by atoms with Gasteiger partial charge in [0.2, 0.25) is 11.8 Å². The molecule has 28 heavy (non-hydrogen) atoms. The van der Waals surface area contributed by atoms with E-state index in [1.807, 2.05) is 35.2 Å². The van der Waals surface area contributed by atoms with Gasteiger partial charge in [-0.15, -0.1) is 10.2 Å². The topological polar surface area (TPSA) is 71.7 Å². The predicted octanol–water partition coefficient (Wildman–Crippen LogP) is 4.05. The average molecular weight is 382 g/mol. The zero-order chi connectivity index (χ0) is 19.3. The van der Waals surface area contributed by atoms with Crippen LogP contribution in [-0.2, 0) is 11.4 Å². The molecular weight excluding hydrogens is 356 g/mol. The number of carbonyl (C=O) groups excluding carboxylic acids is 1. The van der Waals surface area contributed by atoms with Gasteiger partial charge in [0, 0.05) is 12.5 Å². The predicted molar refractivity (Wildman–Crippen MR) is 101 cm³/mol. The summed E-state index contributed by atoms with van der Waals surface area (Å²) in [5, 5.41) is 10.2. The van der Waals surface area contributed by atoms with Crippen molar-refractivity contribution in [1.29, 1.82) is 0 Å². The Morgan fingerprint density at radius 2 is 2.07 bits per heavy atom. The summed E-state index contributed by atoms with van der Waals surface area (Å²) in [6, 6.07) is 9.83. The minimum Gasteiger partial charge on any atom is -0.423 e. The summed E-state index contributed by atoms with van der Waals surface area (Å²) in [6.45, 7) is 5.25. The van der Waals surface area contributed by atoms with E-state index in [2.05, 4.69) is 24.0 Å². The highest BCUT2D eigenvalue weighted by molar-refractivity contribution is 5.77. The number of piperidine rings is 1. The molecule has 3 aliphatic rings. The zero-order valence-electron chi connectivity index (χ0n) is 16.4. The Balaban J connectivity index is 1.37. The van der Waals surface area contributed by atoms with Gasteiger partial charge in [-0.05, 0) is 36.7 Å². The number of hydrogen-bond acceptors (Lipinski definition) is 5. The zero-order valence-corrected chi connectivity index (χ0v) is 16.4. The summed E-state index contributed by atoms with van der Waals surface area (Å²) in [6.07, 6.45) is 4.05. The van der Waals surface area contributed by atoms with E-state index in [-0.39, 0.29) is 29.4 Å². The van der Waals surface area contributed by atoms with Crippen molar-refractivity contribution in [3.05, 3.63) is 47.7 Å². The van der Waals surface area contributed by atoms with E-state index in [1.54, 1.807) is 5.06 Å². The molecule has 3 fully saturated rings. The molecule has 7 heteroatoms. The fourth-order valence-electron chi connectivity index (χ4n) is 4.47. The summed E-state index contributed by atoms with van der Waals surface area (Å²) < 4.78 is 5.98. The Bertz CT molecular complexity index is 864. The van der Waals surface area contributed by atoms with Crippen LogP contribution in [0.1, 0.15) is 68.8 Å². The molecule has 1 spiro atoms. The maximum absolute atomic E-state index is 13.1. The van der Waals surface area contributed by atoms with Crippen molar-refractivity contribution in [2.24, 2.45) is 5.41 Å². The van der Waals surface area contributed by atoms with Crippen molar-refractivity contribution in [3.8, 4) is 0 Å². The van der Waals surface area contributed by atoms with E-state index >= 15 is 0 Å². The van der Waals surface area contributed by atoms with Crippen LogP contribution in [0.5, 0.6) is 0 Å². The van der Waals surface area contributed by atoms with Gasteiger partial charge < -0.3 is 9.32 Å². The Labute approximate surface area is 164 Å². The average Bonchev–Trinajstić information content (AvgIpc) is 3.20. The molecule has 7 nitrogen and oxygen atoms in total. The van der Waals surface area contributed by atoms with Gasteiger partial charge in [-0.2, -0.15) is 5.06 Å². The third-order valence-corrected chi connectivity index (χ3v) is 6.65. The molecule has 1 aromatic carbocycles. The van der Waals surface area contributed by atoms with Crippen molar-refractivity contribution in [2.75, 3.05) is 6.54 Å². The first-order chi connectivity index (χ1) is 13.6. The van der Waals surface area contributed by atoms with Crippen LogP contribution in [0, 0.1) is 5.41 Å². The second-order valence-corrected chi connectivity index (χ2v) is 8.41. The highest BCUT2D eigenvalue weighted by Gasteiger charge is 2.64. The van der Waals surface area contributed by atoms with Crippen molar-refractivity contribution < 1.29 is 14.0 Å². The lowest BCUT2D eigenvalue weighted by atomic mass is 9.85. The van der Waals surface area contributed by atoms with Gasteiger partial charge in [0.05, 0.1) is 6.04 Å². The van der Waals surface area contributed by atoms with Gasteiger partial charge in [0.1, 0.15) is 12.6 Å². The van der Waals surface area contributed by atoms with Gasteiger partial charge in [-0.1, -0.05) is 44.2 Å². The molecule has 2 aromatic rings. The van der Waals surface area contributed by atoms with E-state index in [1.165, 1.54) is 0 Å². The second kappa shape index (κ2) is 6.58. The number of hydroxylamine groups is 2. The van der Waals surface area contributed by atoms with E-state index in [4.69, 9.17) is 9.25 Å². The largest absolute Gasteiger partial charge is 0.423 e. The molecule has 1 aliphatic carbocycles. The first kappa shape index (κ1) is 17.7. The monoisotopic (exact) mass is 382 g/mol. The SMILES string of the molecule is CC[C@H](C)c1nnc(C2CC3(CC3)[C@@H]3CN2C(=O)N3OCc2ccccc2)o1. The molecule has 5 rings (SSSR count). The summed E-state index contributed by atoms with van der Waals surface area (Å²) in [7, 11) is 0. The molecule has 0 radical (unpaired) electrons. The molecular formula is C21H26N4O3. The first-order valence-corrected chi connectivity index (χ1v) is 10.2. The molecule has 1 unspecified atom stereocenters. The van der Waals surface area contributed by atoms with Crippen molar-refractivity contribution in [3.63, 3.8) is 0 Å². The molecule has 2 aliphatic heterocycles. The van der Waals surface area contributed by atoms with Gasteiger partial charge in [0.25, 0.3) is 0 Å². The quantitative estimate of drug-likeness (QED) is 0.754. The maximum atomic E-state index is 13.1. The summed E-state index contributed by atoms with van der Waals surface area (Å²) >= 11 is 0. The molecule has 3 heterocycles. The first-order valence-electron chi connectivity index (χ1n) is 10.2. The number of aromatic nitrogens is 2. The van der Waals surface area contributed by atoms with Crippen LogP contribution in [0.4, 0.5) is 4.79 Å². The number of urea groups is 1. The number of fused-ring (bicyclic) bond motifs is 3. The van der Waals surface area contributed by atoms with Crippen LogP contribution in [-0.4, -0.2) is 38.8 Å². The number of amides is 2. The Hall–Kier alpha value is -2.41. The Kier molecular flexibility index (Phi) is 4.16. The number of hydrogen-bond donors (Lipinski definition) is 0. The van der Waals surface area contributed by atoms with E-state index in [0.29, 0.717) is 24.9 Å². The second-order valence-electron chi connectivity index (χ2n) is 8.41. The number of rotatable bonds is 6. The third-order valence-electron chi connectivity index (χ3n) is 6.65. The molecule has 0 N–H and O–H groups in total. The van der Waals surface area contributed by atoms with Crippen LogP contribution in [0.25, 0.3) is 0 Å². The highest BCUT2D eigenvalue weighted by Crippen LogP contribution is 2.61. The van der Waals surface area contributed by atoms with E-state index in [9.17, 15) is 4.79 Å². The van der Waals surface area contributed by atoms with Crippen LogP contribution in [0.2, 0.25) is 0 Å². The molecule has 3 atom stereocenters. The Morgan fingerprint density at radius 3 is 2.79 bits per heavy atom. The van der Waals surface area contributed by atoms with Gasteiger partial charge in [0.15, 0.2) is 0 Å². The number of nitrogens with zero attached hydrogens (tertiary/aromatic N) is 4. The normalized spacial score (nSPS) is 26.1. The van der Waals surface area contributed by atoms with Crippen LogP contribution in [0.15, 0.2) is 34.7 Å². The maximum Gasteiger partial charge on any atom is 0.345 e. The lowest BCUT2D eigenvalue weighted by Gasteiger charge is -2.35. The smallest absolute Gasteiger partial charge is 0.345 e. The van der Waals surface area contributed by atoms with Crippen LogP contribution in [0.3, 0.4) is 0 Å². The molecule has 1 aromatic heterocycles. The summed E-state index contributed by atoms with van der Waals surface area (Å²) in [5.74, 6) is 1.46. The van der Waals surface area contributed by atoms with E-state index < -0.39 is 0 Å². The highest BCUT2D eigenvalue weighted by atomic mass is 16.7. The number of carbonyl (C=O) groups is 1. The standard InChI is InChI=1S/C21H26N4O3/c1-3-14(2)18-22-23-19(28-18)16-11-21(9-10-21)17-12-24(16)20(26)25(17)27-13-15-7-5-4-6-8-15/h4-8,14,16-17H,3,9-13H2,1-2H3/t14-,16?,17-/m0/s1. The molecule has 148 valence electrons. The van der Waals surface area contributed by atoms with Crippen molar-refractivity contribution in [2.45, 2.75) is 64.1 Å². The van der Waals surface area contributed by atoms with Crippen molar-refractivity contribution >= 4 is 6.03 Å². The summed E-state index contributed by atoms with van der Waals surface area (Å²) in [4.78, 5) is 21.0. The third kappa shape index (κ3) is 2.80. The van der Waals surface area contributed by atoms with Gasteiger partial charge in [-0.3, -0.25) is 4.84 Å². The van der Waals surface area contributed by atoms with Gasteiger partial charge >= 0.3 is 6.03 Å². The fourth-order valence-corrected chi connectivity index (χ4v) is 4.47. The van der Waals surface area contributed by atoms with Crippen LogP contribution < -0.4 is 0 Å². The molecule has 2 amide bonds. The van der Waals surface area contributed by atoms with Gasteiger partial charge in [-0.25, -0.2) is 4.79 Å². The molecule has 1 saturated carbocycles. The fraction of sp³-hybridized carbons (Fsp3) is 0.571. The lowest BCUT2D eigenvalue weighted by molar-refractivity contribution is -0.153. The Morgan fingerprint density at radius 1 is 1.29 bits per heavy atom. The molecule has 2 bridgehead atoms. The minimum absolute atomic E-state index is 0.0852. The minimum atomic E-state index is -0.151. The van der Waals surface area contributed by atoms with E-state index in [0.717, 1.165) is 31.2 Å². The van der Waals surface area contributed by atoms with Crippen LogP contribution >= 0.6 is 0 Å². The van der Waals surface area contributed by atoms with Crippen molar-refractivity contribution in [1.82, 2.24) is 20.2 Å².